The van der Waals surface area contributed by atoms with Crippen molar-refractivity contribution < 1.29 is 9.53 Å². The summed E-state index contributed by atoms with van der Waals surface area (Å²) >= 11 is 5.15. The first-order valence-corrected chi connectivity index (χ1v) is 6.39. The van der Waals surface area contributed by atoms with E-state index in [9.17, 15) is 4.79 Å². The molecule has 20 heavy (non-hydrogen) atoms. The average Bonchev–Trinajstić information content (AvgIpc) is 2.64. The molecule has 0 spiro atoms. The summed E-state index contributed by atoms with van der Waals surface area (Å²) in [6, 6.07) is 7.35. The van der Waals surface area contributed by atoms with Crippen LogP contribution in [-0.4, -0.2) is 41.5 Å². The number of amides is 1. The molecule has 4 nitrogen and oxygen atoms in total. The van der Waals surface area contributed by atoms with Gasteiger partial charge in [-0.1, -0.05) is 18.1 Å². The van der Waals surface area contributed by atoms with Crippen LogP contribution in [0, 0.1) is 12.3 Å². The monoisotopic (exact) mass is 286 g/mol. The first kappa shape index (κ1) is 14.1. The van der Waals surface area contributed by atoms with Gasteiger partial charge in [0, 0.05) is 14.1 Å². The van der Waals surface area contributed by atoms with Crippen LogP contribution in [0.15, 0.2) is 30.0 Å². The highest BCUT2D eigenvalue weighted by Gasteiger charge is 2.32. The molecule has 0 aliphatic carbocycles. The summed E-state index contributed by atoms with van der Waals surface area (Å²) in [5, 5.41) is 0.496. The van der Waals surface area contributed by atoms with E-state index in [0.717, 1.165) is 5.56 Å². The number of terminal acetylenes is 1. The molecule has 102 valence electrons. The van der Waals surface area contributed by atoms with Crippen molar-refractivity contribution in [1.82, 2.24) is 9.80 Å². The number of carbonyl (C=O) groups excluding carboxylic acids is 1. The molecule has 1 heterocycles. The number of carbonyl (C=O) groups is 1. The zero-order valence-electron chi connectivity index (χ0n) is 11.3. The van der Waals surface area contributed by atoms with Crippen molar-refractivity contribution >= 4 is 29.3 Å². The van der Waals surface area contributed by atoms with Crippen molar-refractivity contribution in [2.24, 2.45) is 0 Å². The van der Waals surface area contributed by atoms with E-state index in [1.54, 1.807) is 25.1 Å². The lowest BCUT2D eigenvalue weighted by molar-refractivity contribution is -0.121. The van der Waals surface area contributed by atoms with E-state index in [4.69, 9.17) is 23.4 Å². The second kappa shape index (κ2) is 5.76. The molecule has 0 radical (unpaired) electrons. The van der Waals surface area contributed by atoms with Gasteiger partial charge in [-0.2, -0.15) is 0 Å². The van der Waals surface area contributed by atoms with Crippen LogP contribution in [0.1, 0.15) is 5.56 Å². The molecule has 1 aliphatic heterocycles. The number of hydrogen-bond acceptors (Lipinski definition) is 3. The molecule has 1 aliphatic rings. The second-order valence-electron chi connectivity index (χ2n) is 4.30. The standard InChI is InChI=1S/C15H14N2O2S/c1-4-9-19-12-7-5-11(6-8-12)10-13-14(18)17(3)15(20)16(13)2/h1,5-8,10H,9H2,2-3H3/b13-10-. The Bertz CT molecular complexity index is 614. The summed E-state index contributed by atoms with van der Waals surface area (Å²) < 4.78 is 5.29. The van der Waals surface area contributed by atoms with Gasteiger partial charge in [0.05, 0.1) is 0 Å². The van der Waals surface area contributed by atoms with E-state index in [0.29, 0.717) is 16.6 Å². The molecule has 0 bridgehead atoms. The van der Waals surface area contributed by atoms with Gasteiger partial charge in [0.25, 0.3) is 5.91 Å². The van der Waals surface area contributed by atoms with Crippen LogP contribution in [-0.2, 0) is 4.79 Å². The Morgan fingerprint density at radius 2 is 1.95 bits per heavy atom. The Balaban J connectivity index is 2.21. The Hall–Kier alpha value is -2.32. The fourth-order valence-corrected chi connectivity index (χ4v) is 2.01. The van der Waals surface area contributed by atoms with Gasteiger partial charge in [-0.05, 0) is 36.0 Å². The highest BCUT2D eigenvalue weighted by atomic mass is 32.1. The fourth-order valence-electron chi connectivity index (χ4n) is 1.83. The van der Waals surface area contributed by atoms with Gasteiger partial charge in [0.1, 0.15) is 18.1 Å². The minimum atomic E-state index is -0.106. The Morgan fingerprint density at radius 1 is 1.30 bits per heavy atom. The molecule has 0 N–H and O–H groups in total. The molecule has 0 saturated carbocycles. The van der Waals surface area contributed by atoms with E-state index < -0.39 is 0 Å². The third kappa shape index (κ3) is 2.65. The van der Waals surface area contributed by atoms with E-state index in [1.165, 1.54) is 4.90 Å². The van der Waals surface area contributed by atoms with Gasteiger partial charge in [0.2, 0.25) is 0 Å². The van der Waals surface area contributed by atoms with E-state index >= 15 is 0 Å². The maximum Gasteiger partial charge on any atom is 0.276 e. The van der Waals surface area contributed by atoms with E-state index in [-0.39, 0.29) is 12.5 Å². The number of rotatable bonds is 3. The van der Waals surface area contributed by atoms with Crippen LogP contribution in [0.3, 0.4) is 0 Å². The highest BCUT2D eigenvalue weighted by molar-refractivity contribution is 7.80. The SMILES string of the molecule is C#CCOc1ccc(/C=C2/C(=O)N(C)C(=S)N2C)cc1. The summed E-state index contributed by atoms with van der Waals surface area (Å²) in [6.07, 6.45) is 6.92. The first-order valence-electron chi connectivity index (χ1n) is 5.98. The van der Waals surface area contributed by atoms with Crippen molar-refractivity contribution in [2.45, 2.75) is 0 Å². The molecule has 1 saturated heterocycles. The van der Waals surface area contributed by atoms with Gasteiger partial charge in [-0.25, -0.2) is 0 Å². The first-order chi connectivity index (χ1) is 9.54. The van der Waals surface area contributed by atoms with Crippen LogP contribution in [0.2, 0.25) is 0 Å². The summed E-state index contributed by atoms with van der Waals surface area (Å²) in [5.74, 6) is 3.00. The number of hydrogen-bond donors (Lipinski definition) is 0. The zero-order chi connectivity index (χ0) is 14.7. The molecule has 0 unspecified atom stereocenters. The largest absolute Gasteiger partial charge is 0.481 e. The summed E-state index contributed by atoms with van der Waals surface area (Å²) in [5.41, 5.74) is 1.45. The Kier molecular flexibility index (Phi) is 4.06. The van der Waals surface area contributed by atoms with Crippen molar-refractivity contribution in [3.05, 3.63) is 35.5 Å². The molecule has 0 atom stereocenters. The smallest absolute Gasteiger partial charge is 0.276 e. The lowest BCUT2D eigenvalue weighted by atomic mass is 10.2. The molecule has 1 aromatic rings. The Morgan fingerprint density at radius 3 is 2.45 bits per heavy atom. The molecular weight excluding hydrogens is 272 g/mol. The molecule has 1 aromatic carbocycles. The Labute approximate surface area is 123 Å². The average molecular weight is 286 g/mol. The maximum absolute atomic E-state index is 12.0. The lowest BCUT2D eigenvalue weighted by Crippen LogP contribution is -2.26. The third-order valence-corrected chi connectivity index (χ3v) is 3.51. The van der Waals surface area contributed by atoms with E-state index in [2.05, 4.69) is 5.92 Å². The van der Waals surface area contributed by atoms with Crippen LogP contribution in [0.5, 0.6) is 5.75 Å². The lowest BCUT2D eigenvalue weighted by Gasteiger charge is -2.11. The molecular formula is C15H14N2O2S. The maximum atomic E-state index is 12.0. The predicted octanol–water partition coefficient (Wildman–Crippen LogP) is 1.73. The quantitative estimate of drug-likeness (QED) is 0.481. The summed E-state index contributed by atoms with van der Waals surface area (Å²) in [6.45, 7) is 0.237. The van der Waals surface area contributed by atoms with Gasteiger partial charge in [-0.3, -0.25) is 9.69 Å². The van der Waals surface area contributed by atoms with Crippen LogP contribution < -0.4 is 4.74 Å². The van der Waals surface area contributed by atoms with Gasteiger partial charge in [-0.15, -0.1) is 6.42 Å². The number of ether oxygens (including phenoxy) is 1. The van der Waals surface area contributed by atoms with Crippen molar-refractivity contribution in [3.63, 3.8) is 0 Å². The highest BCUT2D eigenvalue weighted by Crippen LogP contribution is 2.21. The normalized spacial score (nSPS) is 16.8. The van der Waals surface area contributed by atoms with Crippen LogP contribution in [0.4, 0.5) is 0 Å². The van der Waals surface area contributed by atoms with Gasteiger partial charge in [0.15, 0.2) is 5.11 Å². The molecule has 1 amide bonds. The minimum Gasteiger partial charge on any atom is -0.481 e. The predicted molar refractivity (Wildman–Crippen MR) is 81.9 cm³/mol. The summed E-state index contributed by atoms with van der Waals surface area (Å²) in [7, 11) is 3.44. The topological polar surface area (TPSA) is 32.8 Å². The zero-order valence-corrected chi connectivity index (χ0v) is 12.1. The van der Waals surface area contributed by atoms with Crippen molar-refractivity contribution in [1.29, 1.82) is 0 Å². The van der Waals surface area contributed by atoms with Gasteiger partial charge < -0.3 is 9.64 Å². The molecule has 0 aromatic heterocycles. The van der Waals surface area contributed by atoms with Gasteiger partial charge >= 0.3 is 0 Å². The van der Waals surface area contributed by atoms with E-state index in [1.807, 2.05) is 24.3 Å². The second-order valence-corrected chi connectivity index (χ2v) is 4.66. The minimum absolute atomic E-state index is 0.106. The van der Waals surface area contributed by atoms with Crippen molar-refractivity contribution in [3.8, 4) is 18.1 Å². The van der Waals surface area contributed by atoms with Crippen LogP contribution >= 0.6 is 12.2 Å². The number of thiocarbonyl (C=S) groups is 1. The molecule has 1 fully saturated rings. The number of nitrogens with zero attached hydrogens (tertiary/aromatic N) is 2. The van der Waals surface area contributed by atoms with Crippen LogP contribution in [0.25, 0.3) is 6.08 Å². The molecule has 2 rings (SSSR count). The molecule has 5 heteroatoms. The summed E-state index contributed by atoms with van der Waals surface area (Å²) in [4.78, 5) is 15.2. The third-order valence-electron chi connectivity index (χ3n) is 2.96. The number of likely N-dealkylation sites (N-methyl/N-ethyl adjacent to an activating group) is 2. The number of benzene rings is 1. The fraction of sp³-hybridized carbons (Fsp3) is 0.200. The van der Waals surface area contributed by atoms with Crippen molar-refractivity contribution in [2.75, 3.05) is 20.7 Å².